The van der Waals surface area contributed by atoms with Gasteiger partial charge < -0.3 is 10.1 Å². The third-order valence-electron chi connectivity index (χ3n) is 4.35. The third kappa shape index (κ3) is 4.64. The molecule has 0 aromatic carbocycles. The second-order valence-corrected chi connectivity index (χ2v) is 9.19. The Bertz CT molecular complexity index is 672. The Morgan fingerprint density at radius 3 is 2.62 bits per heavy atom. The van der Waals surface area contributed by atoms with Gasteiger partial charge >= 0.3 is 6.03 Å². The van der Waals surface area contributed by atoms with Gasteiger partial charge in [-0.15, -0.1) is 10.2 Å². The zero-order chi connectivity index (χ0) is 17.8. The smallest absolute Gasteiger partial charge is 0.321 e. The van der Waals surface area contributed by atoms with Crippen LogP contribution < -0.4 is 10.6 Å². The second kappa shape index (κ2) is 7.75. The maximum Gasteiger partial charge on any atom is 0.321 e. The van der Waals surface area contributed by atoms with Crippen molar-refractivity contribution in [2.45, 2.75) is 44.6 Å². The van der Waals surface area contributed by atoms with E-state index in [0.29, 0.717) is 17.5 Å². The molecule has 0 bridgehead atoms. The van der Waals surface area contributed by atoms with E-state index in [-0.39, 0.29) is 18.1 Å². The van der Waals surface area contributed by atoms with Crippen LogP contribution in [0.5, 0.6) is 0 Å². The highest BCUT2D eigenvalue weighted by Gasteiger charge is 2.42. The molecule has 0 saturated carbocycles. The summed E-state index contributed by atoms with van der Waals surface area (Å²) in [5.74, 6) is 0.356. The van der Waals surface area contributed by atoms with Crippen molar-refractivity contribution >= 4 is 32.3 Å². The normalized spacial score (nSPS) is 22.7. The lowest BCUT2D eigenvalue weighted by molar-refractivity contribution is 0.0157. The standard InChI is InChI=1S/C14H24N4O4S2/c1-4-10(5-2)11-17-18-13(23-11)16-12(19)15-8-14(22-3)6-7-24(20,21)9-14/h10H,4-9H2,1-3H3,(H2,15,16,18,19). The van der Waals surface area contributed by atoms with Crippen molar-refractivity contribution in [2.75, 3.05) is 30.5 Å². The van der Waals surface area contributed by atoms with Crippen LogP contribution in [0.3, 0.4) is 0 Å². The summed E-state index contributed by atoms with van der Waals surface area (Å²) in [6.07, 6.45) is 2.33. The molecule has 1 atom stereocenters. The van der Waals surface area contributed by atoms with Gasteiger partial charge in [-0.25, -0.2) is 13.2 Å². The number of nitrogens with zero attached hydrogens (tertiary/aromatic N) is 2. The fourth-order valence-corrected chi connectivity index (χ4v) is 5.73. The van der Waals surface area contributed by atoms with E-state index in [2.05, 4.69) is 34.7 Å². The van der Waals surface area contributed by atoms with Gasteiger partial charge in [0.1, 0.15) is 5.01 Å². The van der Waals surface area contributed by atoms with Crippen molar-refractivity contribution in [1.29, 1.82) is 0 Å². The highest BCUT2D eigenvalue weighted by molar-refractivity contribution is 7.91. The van der Waals surface area contributed by atoms with Gasteiger partial charge in [0.15, 0.2) is 9.84 Å². The summed E-state index contributed by atoms with van der Waals surface area (Å²) in [5, 5.41) is 14.8. The summed E-state index contributed by atoms with van der Waals surface area (Å²) in [5.41, 5.74) is -0.849. The summed E-state index contributed by atoms with van der Waals surface area (Å²) in [6, 6.07) is -0.442. The first kappa shape index (κ1) is 19.1. The van der Waals surface area contributed by atoms with Gasteiger partial charge in [0, 0.05) is 19.6 Å². The zero-order valence-electron chi connectivity index (χ0n) is 14.2. The Kier molecular flexibility index (Phi) is 6.16. The Balaban J connectivity index is 1.90. The molecule has 1 aliphatic rings. The molecule has 0 radical (unpaired) electrons. The molecule has 8 nitrogen and oxygen atoms in total. The molecule has 0 spiro atoms. The maximum atomic E-state index is 12.0. The van der Waals surface area contributed by atoms with E-state index in [4.69, 9.17) is 4.74 Å². The van der Waals surface area contributed by atoms with Gasteiger partial charge in [0.05, 0.1) is 17.1 Å². The fraction of sp³-hybridized carbons (Fsp3) is 0.786. The van der Waals surface area contributed by atoms with Crippen molar-refractivity contribution in [3.63, 3.8) is 0 Å². The summed E-state index contributed by atoms with van der Waals surface area (Å²) in [6.45, 7) is 4.32. The van der Waals surface area contributed by atoms with Gasteiger partial charge in [-0.1, -0.05) is 25.2 Å². The first-order valence-electron chi connectivity index (χ1n) is 7.97. The largest absolute Gasteiger partial charge is 0.375 e. The monoisotopic (exact) mass is 376 g/mol. The topological polar surface area (TPSA) is 110 Å². The first-order chi connectivity index (χ1) is 11.3. The number of methoxy groups -OCH3 is 1. The quantitative estimate of drug-likeness (QED) is 0.750. The lowest BCUT2D eigenvalue weighted by Crippen LogP contribution is -2.46. The van der Waals surface area contributed by atoms with Crippen molar-refractivity contribution in [3.8, 4) is 0 Å². The molecule has 10 heteroatoms. The van der Waals surface area contributed by atoms with Gasteiger partial charge in [-0.05, 0) is 19.3 Å². The van der Waals surface area contributed by atoms with Crippen LogP contribution in [0.25, 0.3) is 0 Å². The highest BCUT2D eigenvalue weighted by atomic mass is 32.2. The molecule has 1 aromatic heterocycles. The lowest BCUT2D eigenvalue weighted by atomic mass is 10.0. The van der Waals surface area contributed by atoms with E-state index in [9.17, 15) is 13.2 Å². The second-order valence-electron chi connectivity index (χ2n) is 6.00. The van der Waals surface area contributed by atoms with E-state index in [1.54, 1.807) is 0 Å². The molecule has 0 aliphatic carbocycles. The van der Waals surface area contributed by atoms with E-state index >= 15 is 0 Å². The fourth-order valence-electron chi connectivity index (χ4n) is 2.73. The number of urea groups is 1. The van der Waals surface area contributed by atoms with Crippen LogP contribution in [0.1, 0.15) is 44.0 Å². The summed E-state index contributed by atoms with van der Waals surface area (Å²) in [7, 11) is -1.64. The van der Waals surface area contributed by atoms with E-state index < -0.39 is 21.5 Å². The number of hydrogen-bond acceptors (Lipinski definition) is 7. The van der Waals surface area contributed by atoms with E-state index in [1.807, 2.05) is 0 Å². The molecule has 2 rings (SSSR count). The Labute approximate surface area is 146 Å². The number of amides is 2. The van der Waals surface area contributed by atoms with Crippen molar-refractivity contribution in [2.24, 2.45) is 0 Å². The number of anilines is 1. The minimum atomic E-state index is -3.10. The number of nitrogens with one attached hydrogen (secondary N) is 2. The molecule has 2 heterocycles. The summed E-state index contributed by atoms with van der Waals surface area (Å²) >= 11 is 1.36. The van der Waals surface area contributed by atoms with Crippen LogP contribution in [-0.4, -0.2) is 55.4 Å². The molecule has 1 aliphatic heterocycles. The van der Waals surface area contributed by atoms with Crippen LogP contribution in [0.4, 0.5) is 9.93 Å². The number of ether oxygens (including phenoxy) is 1. The van der Waals surface area contributed by atoms with Crippen LogP contribution >= 0.6 is 11.3 Å². The average molecular weight is 377 g/mol. The van der Waals surface area contributed by atoms with Crippen LogP contribution in [0, 0.1) is 0 Å². The Hall–Kier alpha value is -1.26. The Morgan fingerprint density at radius 1 is 1.38 bits per heavy atom. The molecule has 2 N–H and O–H groups in total. The highest BCUT2D eigenvalue weighted by Crippen LogP contribution is 2.28. The number of carbonyl (C=O) groups excluding carboxylic acids is 1. The molecule has 24 heavy (non-hydrogen) atoms. The number of carbonyl (C=O) groups is 1. The molecular formula is C14H24N4O4S2. The van der Waals surface area contributed by atoms with Crippen molar-refractivity contribution < 1.29 is 17.9 Å². The average Bonchev–Trinajstić information content (AvgIpc) is 3.12. The van der Waals surface area contributed by atoms with Crippen LogP contribution in [-0.2, 0) is 14.6 Å². The van der Waals surface area contributed by atoms with Gasteiger partial charge in [0.25, 0.3) is 0 Å². The maximum absolute atomic E-state index is 12.0. The van der Waals surface area contributed by atoms with Gasteiger partial charge in [-0.3, -0.25) is 5.32 Å². The third-order valence-corrected chi connectivity index (χ3v) is 7.14. The van der Waals surface area contributed by atoms with E-state index in [1.165, 1.54) is 18.4 Å². The number of hydrogen-bond donors (Lipinski definition) is 2. The molecular weight excluding hydrogens is 352 g/mol. The number of rotatable bonds is 7. The number of sulfone groups is 1. The molecule has 136 valence electrons. The first-order valence-corrected chi connectivity index (χ1v) is 10.6. The molecule has 1 saturated heterocycles. The predicted octanol–water partition coefficient (Wildman–Crippen LogP) is 1.77. The molecule has 1 fully saturated rings. The summed E-state index contributed by atoms with van der Waals surface area (Å²) in [4.78, 5) is 12.0. The molecule has 1 unspecified atom stereocenters. The van der Waals surface area contributed by atoms with Crippen LogP contribution in [0.15, 0.2) is 0 Å². The minimum absolute atomic E-state index is 0.0750. The van der Waals surface area contributed by atoms with Gasteiger partial charge in [-0.2, -0.15) is 0 Å². The Morgan fingerprint density at radius 2 is 2.08 bits per heavy atom. The summed E-state index contributed by atoms with van der Waals surface area (Å²) < 4.78 is 28.6. The van der Waals surface area contributed by atoms with Gasteiger partial charge in [0.2, 0.25) is 5.13 Å². The number of aromatic nitrogens is 2. The lowest BCUT2D eigenvalue weighted by Gasteiger charge is -2.26. The molecule has 1 aromatic rings. The van der Waals surface area contributed by atoms with Crippen molar-refractivity contribution in [1.82, 2.24) is 15.5 Å². The van der Waals surface area contributed by atoms with E-state index in [0.717, 1.165) is 17.8 Å². The van der Waals surface area contributed by atoms with Crippen molar-refractivity contribution in [3.05, 3.63) is 5.01 Å². The zero-order valence-corrected chi connectivity index (χ0v) is 15.8. The molecule has 2 amide bonds. The minimum Gasteiger partial charge on any atom is -0.375 e. The predicted molar refractivity (Wildman–Crippen MR) is 93.3 cm³/mol. The SMILES string of the molecule is CCC(CC)c1nnc(NC(=O)NCC2(OC)CCS(=O)(=O)C2)s1. The van der Waals surface area contributed by atoms with Crippen LogP contribution in [0.2, 0.25) is 0 Å².